The van der Waals surface area contributed by atoms with E-state index in [1.165, 1.54) is 0 Å². The monoisotopic (exact) mass is 418 g/mol. The van der Waals surface area contributed by atoms with Crippen LogP contribution in [0.5, 0.6) is 5.75 Å². The third kappa shape index (κ3) is 4.50. The minimum Gasteiger partial charge on any atom is -0.493 e. The fraction of sp³-hybridized carbons (Fsp3) is 0.105. The summed E-state index contributed by atoms with van der Waals surface area (Å²) in [7, 11) is 0. The molecule has 0 aliphatic carbocycles. The average molecular weight is 419 g/mol. The van der Waals surface area contributed by atoms with Crippen molar-refractivity contribution in [3.8, 4) is 5.75 Å². The second kappa shape index (κ2) is 8.56. The lowest BCUT2D eigenvalue weighted by Gasteiger charge is -2.15. The maximum Gasteiger partial charge on any atom is 0.285 e. The van der Waals surface area contributed by atoms with Crippen molar-refractivity contribution < 1.29 is 14.3 Å². The molecule has 1 N–H and O–H groups in total. The van der Waals surface area contributed by atoms with Crippen molar-refractivity contribution in [2.75, 3.05) is 6.61 Å². The Balaban J connectivity index is 1.83. The molecule has 8 heteroatoms. The van der Waals surface area contributed by atoms with Crippen LogP contribution in [0.2, 0.25) is 5.02 Å². The van der Waals surface area contributed by atoms with Gasteiger partial charge in [0.15, 0.2) is 4.32 Å². The summed E-state index contributed by atoms with van der Waals surface area (Å²) in [6.45, 7) is 2.35. The second-order valence-electron chi connectivity index (χ2n) is 5.44. The van der Waals surface area contributed by atoms with E-state index in [9.17, 15) is 9.59 Å². The van der Waals surface area contributed by atoms with E-state index in [4.69, 9.17) is 28.6 Å². The molecule has 0 saturated carbocycles. The highest BCUT2D eigenvalue weighted by Gasteiger charge is 2.34. The summed E-state index contributed by atoms with van der Waals surface area (Å²) in [5.41, 5.74) is 3.65. The van der Waals surface area contributed by atoms with Crippen LogP contribution in [0.25, 0.3) is 6.08 Å². The Morgan fingerprint density at radius 2 is 2.04 bits per heavy atom. The molecular weight excluding hydrogens is 404 g/mol. The number of hydrogen-bond acceptors (Lipinski definition) is 5. The Morgan fingerprint density at radius 1 is 1.30 bits per heavy atom. The van der Waals surface area contributed by atoms with E-state index in [0.29, 0.717) is 33.4 Å². The minimum absolute atomic E-state index is 0.246. The predicted molar refractivity (Wildman–Crippen MR) is 112 cm³/mol. The number of carbonyl (C=O) groups excluding carboxylic acids is 2. The largest absolute Gasteiger partial charge is 0.493 e. The number of hydrazine groups is 1. The van der Waals surface area contributed by atoms with Crippen LogP contribution >= 0.6 is 35.6 Å². The zero-order valence-electron chi connectivity index (χ0n) is 14.3. The van der Waals surface area contributed by atoms with E-state index in [1.54, 1.807) is 54.6 Å². The van der Waals surface area contributed by atoms with Crippen LogP contribution in [0.1, 0.15) is 22.8 Å². The van der Waals surface area contributed by atoms with E-state index < -0.39 is 11.8 Å². The van der Waals surface area contributed by atoms with Gasteiger partial charge in [0, 0.05) is 16.1 Å². The summed E-state index contributed by atoms with van der Waals surface area (Å²) in [5, 5.41) is 1.60. The normalized spacial score (nSPS) is 15.3. The Kier molecular flexibility index (Phi) is 6.15. The van der Waals surface area contributed by atoms with Crippen molar-refractivity contribution in [3.63, 3.8) is 0 Å². The SMILES string of the molecule is CCOc1ccc(Cl)cc1/C=C1/SC(=S)N(NC(=O)c2ccccc2)C1=O. The molecule has 0 spiro atoms. The molecule has 1 aliphatic rings. The average Bonchev–Trinajstić information content (AvgIpc) is 2.92. The molecule has 2 aromatic carbocycles. The smallest absolute Gasteiger partial charge is 0.285 e. The number of ether oxygens (including phenoxy) is 1. The molecular formula is C19H15ClN2O3S2. The number of thiocarbonyl (C=S) groups is 1. The van der Waals surface area contributed by atoms with Crippen LogP contribution in [-0.4, -0.2) is 27.8 Å². The maximum absolute atomic E-state index is 12.7. The number of nitrogens with zero attached hydrogens (tertiary/aromatic N) is 1. The number of thioether (sulfide) groups is 1. The van der Waals surface area contributed by atoms with E-state index >= 15 is 0 Å². The van der Waals surface area contributed by atoms with Crippen molar-refractivity contribution in [3.05, 3.63) is 69.6 Å². The van der Waals surface area contributed by atoms with E-state index in [1.807, 2.05) is 6.92 Å². The zero-order chi connectivity index (χ0) is 19.4. The molecule has 27 heavy (non-hydrogen) atoms. The number of halogens is 1. The summed E-state index contributed by atoms with van der Waals surface area (Å²) in [6, 6.07) is 13.8. The van der Waals surface area contributed by atoms with Crippen LogP contribution in [0.4, 0.5) is 0 Å². The molecule has 0 aromatic heterocycles. The lowest BCUT2D eigenvalue weighted by atomic mass is 10.2. The maximum atomic E-state index is 12.7. The van der Waals surface area contributed by atoms with Crippen molar-refractivity contribution in [1.82, 2.24) is 10.4 Å². The molecule has 1 aliphatic heterocycles. The van der Waals surface area contributed by atoms with Crippen molar-refractivity contribution in [2.24, 2.45) is 0 Å². The quantitative estimate of drug-likeness (QED) is 0.580. The van der Waals surface area contributed by atoms with E-state index in [0.717, 1.165) is 16.8 Å². The van der Waals surface area contributed by atoms with Crippen molar-refractivity contribution in [2.45, 2.75) is 6.92 Å². The third-order valence-corrected chi connectivity index (χ3v) is 5.14. The highest BCUT2D eigenvalue weighted by molar-refractivity contribution is 8.26. The summed E-state index contributed by atoms with van der Waals surface area (Å²) in [4.78, 5) is 25.4. The van der Waals surface area contributed by atoms with Gasteiger partial charge in [-0.15, -0.1) is 0 Å². The number of carbonyl (C=O) groups is 2. The van der Waals surface area contributed by atoms with Gasteiger partial charge in [-0.1, -0.05) is 41.6 Å². The molecule has 1 saturated heterocycles. The standard InChI is InChI=1S/C19H15ClN2O3S2/c1-2-25-15-9-8-14(20)10-13(15)11-16-18(24)22(19(26)27-16)21-17(23)12-6-4-3-5-7-12/h3-11H,2H2,1H3,(H,21,23)/b16-11+. The first-order valence-corrected chi connectivity index (χ1v) is 9.66. The Hall–Kier alpha value is -2.35. The van der Waals surface area contributed by atoms with Gasteiger partial charge in [0.25, 0.3) is 11.8 Å². The van der Waals surface area contributed by atoms with Gasteiger partial charge in [0.1, 0.15) is 5.75 Å². The minimum atomic E-state index is -0.411. The first kappa shape index (κ1) is 19.4. The van der Waals surface area contributed by atoms with Crippen LogP contribution in [-0.2, 0) is 4.79 Å². The van der Waals surface area contributed by atoms with Crippen LogP contribution in [0.3, 0.4) is 0 Å². The van der Waals surface area contributed by atoms with Gasteiger partial charge in [-0.2, -0.15) is 5.01 Å². The van der Waals surface area contributed by atoms with Crippen LogP contribution in [0.15, 0.2) is 53.4 Å². The van der Waals surface area contributed by atoms with Crippen LogP contribution < -0.4 is 10.2 Å². The van der Waals surface area contributed by atoms with E-state index in [-0.39, 0.29) is 4.32 Å². The molecule has 0 unspecified atom stereocenters. The fourth-order valence-electron chi connectivity index (χ4n) is 2.38. The van der Waals surface area contributed by atoms with Gasteiger partial charge in [-0.25, -0.2) is 0 Å². The number of hydrogen-bond donors (Lipinski definition) is 1. The lowest BCUT2D eigenvalue weighted by molar-refractivity contribution is -0.123. The van der Waals surface area contributed by atoms with Gasteiger partial charge in [0.2, 0.25) is 0 Å². The van der Waals surface area contributed by atoms with Gasteiger partial charge >= 0.3 is 0 Å². The van der Waals surface area contributed by atoms with Crippen molar-refractivity contribution >= 4 is 57.8 Å². The number of benzene rings is 2. The molecule has 3 rings (SSSR count). The van der Waals surface area contributed by atoms with Crippen LogP contribution in [0, 0.1) is 0 Å². The Bertz CT molecular complexity index is 932. The first-order valence-electron chi connectivity index (χ1n) is 8.06. The summed E-state index contributed by atoms with van der Waals surface area (Å²) < 4.78 is 5.82. The molecule has 138 valence electrons. The molecule has 5 nitrogen and oxygen atoms in total. The molecule has 2 aromatic rings. The molecule has 0 bridgehead atoms. The van der Waals surface area contributed by atoms with Gasteiger partial charge in [-0.05, 0) is 55.5 Å². The summed E-state index contributed by atoms with van der Waals surface area (Å²) >= 11 is 12.4. The number of nitrogens with one attached hydrogen (secondary N) is 1. The van der Waals surface area contributed by atoms with Gasteiger partial charge < -0.3 is 4.74 Å². The van der Waals surface area contributed by atoms with Crippen molar-refractivity contribution in [1.29, 1.82) is 0 Å². The summed E-state index contributed by atoms with van der Waals surface area (Å²) in [5.74, 6) is -0.205. The predicted octanol–water partition coefficient (Wildman–Crippen LogP) is 4.28. The summed E-state index contributed by atoms with van der Waals surface area (Å²) in [6.07, 6.45) is 1.66. The third-order valence-electron chi connectivity index (χ3n) is 3.60. The first-order chi connectivity index (χ1) is 13.0. The molecule has 1 fully saturated rings. The van der Waals surface area contributed by atoms with Gasteiger partial charge in [-0.3, -0.25) is 15.0 Å². The zero-order valence-corrected chi connectivity index (χ0v) is 16.7. The topological polar surface area (TPSA) is 58.6 Å². The van der Waals surface area contributed by atoms with Gasteiger partial charge in [0.05, 0.1) is 11.5 Å². The molecule has 0 atom stereocenters. The molecule has 1 heterocycles. The molecule has 0 radical (unpaired) electrons. The Morgan fingerprint density at radius 3 is 2.74 bits per heavy atom. The Labute approximate surface area is 171 Å². The fourth-order valence-corrected chi connectivity index (χ4v) is 3.73. The number of rotatable bonds is 5. The molecule has 2 amide bonds. The highest BCUT2D eigenvalue weighted by atomic mass is 35.5. The van der Waals surface area contributed by atoms with E-state index in [2.05, 4.69) is 5.43 Å². The lowest BCUT2D eigenvalue weighted by Crippen LogP contribution is -2.44. The second-order valence-corrected chi connectivity index (χ2v) is 7.55. The number of amides is 2. The highest BCUT2D eigenvalue weighted by Crippen LogP contribution is 2.34.